The molecule has 5 nitrogen and oxygen atoms in total. The van der Waals surface area contributed by atoms with Gasteiger partial charge in [0.25, 0.3) is 5.69 Å². The minimum Gasteiger partial charge on any atom is -0.464 e. The largest absolute Gasteiger partial charge is 0.464 e. The molecule has 0 radical (unpaired) electrons. The van der Waals surface area contributed by atoms with Crippen LogP contribution in [-0.2, 0) is 6.54 Å². The Morgan fingerprint density at radius 1 is 1.24 bits per heavy atom. The number of benzene rings is 2. The molecule has 0 aliphatic rings. The minimum absolute atomic E-state index is 0.0168. The van der Waals surface area contributed by atoms with E-state index in [-0.39, 0.29) is 11.5 Å². The summed E-state index contributed by atoms with van der Waals surface area (Å²) in [7, 11) is 0. The number of nitrogens with zero attached hydrogens (tertiary/aromatic N) is 1. The van der Waals surface area contributed by atoms with Crippen LogP contribution >= 0.6 is 0 Å². The molecule has 0 spiro atoms. The van der Waals surface area contributed by atoms with Crippen LogP contribution in [0.3, 0.4) is 0 Å². The summed E-state index contributed by atoms with van der Waals surface area (Å²) in [5.41, 5.74) is 2.03. The summed E-state index contributed by atoms with van der Waals surface area (Å²) in [6.07, 6.45) is 1.55. The van der Waals surface area contributed by atoms with E-state index in [1.54, 1.807) is 24.5 Å². The molecule has 1 heterocycles. The number of halogens is 1. The minimum atomic E-state index is -0.451. The van der Waals surface area contributed by atoms with Gasteiger partial charge < -0.3 is 9.73 Å². The zero-order chi connectivity index (χ0) is 14.8. The third-order valence-corrected chi connectivity index (χ3v) is 3.16. The number of furan rings is 1. The Morgan fingerprint density at radius 3 is 2.90 bits per heavy atom. The molecule has 21 heavy (non-hydrogen) atoms. The molecule has 0 unspecified atom stereocenters. The Kier molecular flexibility index (Phi) is 3.27. The third kappa shape index (κ3) is 2.69. The van der Waals surface area contributed by atoms with Crippen LogP contribution in [0.1, 0.15) is 5.56 Å². The quantitative estimate of drug-likeness (QED) is 0.579. The van der Waals surface area contributed by atoms with Crippen molar-refractivity contribution in [1.29, 1.82) is 0 Å². The van der Waals surface area contributed by atoms with E-state index in [0.717, 1.165) is 5.56 Å². The van der Waals surface area contributed by atoms with Gasteiger partial charge in [-0.3, -0.25) is 10.1 Å². The normalized spacial score (nSPS) is 10.7. The van der Waals surface area contributed by atoms with Crippen LogP contribution < -0.4 is 5.32 Å². The first-order valence-electron chi connectivity index (χ1n) is 6.27. The number of nitrogens with one attached hydrogen (secondary N) is 1. The average Bonchev–Trinajstić information content (AvgIpc) is 2.87. The summed E-state index contributed by atoms with van der Waals surface area (Å²) in [6, 6.07) is 10.5. The van der Waals surface area contributed by atoms with E-state index < -0.39 is 4.92 Å². The lowest BCUT2D eigenvalue weighted by atomic mass is 10.1. The molecule has 0 fully saturated rings. The summed E-state index contributed by atoms with van der Waals surface area (Å²) in [6.45, 7) is 0.387. The molecular weight excluding hydrogens is 275 g/mol. The van der Waals surface area contributed by atoms with Crippen molar-refractivity contribution in [2.24, 2.45) is 0 Å². The van der Waals surface area contributed by atoms with Crippen molar-refractivity contribution in [3.05, 3.63) is 70.2 Å². The zero-order valence-corrected chi connectivity index (χ0v) is 10.9. The Balaban J connectivity index is 1.82. The fraction of sp³-hybridized carbons (Fsp3) is 0.0667. The van der Waals surface area contributed by atoms with Gasteiger partial charge in [0, 0.05) is 35.3 Å². The lowest BCUT2D eigenvalue weighted by Crippen LogP contribution is -1.99. The average molecular weight is 286 g/mol. The second-order valence-electron chi connectivity index (χ2n) is 4.56. The Hall–Kier alpha value is -2.89. The molecule has 6 heteroatoms. The third-order valence-electron chi connectivity index (χ3n) is 3.16. The van der Waals surface area contributed by atoms with Crippen molar-refractivity contribution >= 4 is 22.3 Å². The monoisotopic (exact) mass is 286 g/mol. The number of nitro benzene ring substituents is 1. The molecular formula is C15H11FN2O3. The molecule has 0 saturated heterocycles. The van der Waals surface area contributed by atoms with Crippen LogP contribution in [0.25, 0.3) is 11.0 Å². The van der Waals surface area contributed by atoms with Gasteiger partial charge in [-0.25, -0.2) is 4.39 Å². The molecule has 3 rings (SSSR count). The van der Waals surface area contributed by atoms with E-state index in [1.807, 2.05) is 0 Å². The smallest absolute Gasteiger partial charge is 0.271 e. The number of anilines is 1. The predicted octanol–water partition coefficient (Wildman–Crippen LogP) is 4.09. The van der Waals surface area contributed by atoms with E-state index in [1.165, 1.54) is 24.3 Å². The summed E-state index contributed by atoms with van der Waals surface area (Å²) in [4.78, 5) is 10.3. The highest BCUT2D eigenvalue weighted by Gasteiger charge is 2.08. The maximum absolute atomic E-state index is 13.3. The number of hydrogen-bond acceptors (Lipinski definition) is 4. The predicted molar refractivity (Wildman–Crippen MR) is 76.6 cm³/mol. The standard InChI is InChI=1S/C15H11FN2O3/c16-11-4-5-15-14(6-11)10(9-21-15)8-17-12-2-1-3-13(7-12)18(19)20/h1-7,9,17H,8H2. The molecule has 0 aliphatic carbocycles. The van der Waals surface area contributed by atoms with Crippen LogP contribution in [0.4, 0.5) is 15.8 Å². The van der Waals surface area contributed by atoms with Crippen LogP contribution in [0, 0.1) is 15.9 Å². The van der Waals surface area contributed by atoms with Crippen LogP contribution in [0.15, 0.2) is 53.1 Å². The Morgan fingerprint density at radius 2 is 2.10 bits per heavy atom. The molecule has 106 valence electrons. The molecule has 1 aromatic heterocycles. The topological polar surface area (TPSA) is 68.3 Å². The zero-order valence-electron chi connectivity index (χ0n) is 10.9. The lowest BCUT2D eigenvalue weighted by molar-refractivity contribution is -0.384. The Bertz CT molecular complexity index is 814. The van der Waals surface area contributed by atoms with Gasteiger partial charge in [0.05, 0.1) is 11.2 Å². The van der Waals surface area contributed by atoms with E-state index >= 15 is 0 Å². The summed E-state index contributed by atoms with van der Waals surface area (Å²) >= 11 is 0. The highest BCUT2D eigenvalue weighted by molar-refractivity contribution is 5.81. The maximum atomic E-state index is 13.3. The number of fused-ring (bicyclic) bond motifs is 1. The first-order valence-corrected chi connectivity index (χ1v) is 6.27. The Labute approximate surface area is 119 Å². The van der Waals surface area contributed by atoms with Gasteiger partial charge in [-0.15, -0.1) is 0 Å². The molecule has 0 saturated carbocycles. The van der Waals surface area contributed by atoms with Crippen molar-refractivity contribution in [3.8, 4) is 0 Å². The molecule has 0 atom stereocenters. The van der Waals surface area contributed by atoms with Gasteiger partial charge in [0.2, 0.25) is 0 Å². The highest BCUT2D eigenvalue weighted by atomic mass is 19.1. The SMILES string of the molecule is O=[N+]([O-])c1cccc(NCc2coc3ccc(F)cc23)c1. The van der Waals surface area contributed by atoms with Gasteiger partial charge in [-0.2, -0.15) is 0 Å². The van der Waals surface area contributed by atoms with Gasteiger partial charge in [-0.1, -0.05) is 6.07 Å². The summed E-state index contributed by atoms with van der Waals surface area (Å²) < 4.78 is 18.6. The van der Waals surface area contributed by atoms with Crippen molar-refractivity contribution in [2.45, 2.75) is 6.54 Å². The molecule has 0 bridgehead atoms. The van der Waals surface area contributed by atoms with Gasteiger partial charge in [0.1, 0.15) is 11.4 Å². The number of hydrogen-bond donors (Lipinski definition) is 1. The van der Waals surface area contributed by atoms with Gasteiger partial charge in [0.15, 0.2) is 0 Å². The molecule has 0 aliphatic heterocycles. The van der Waals surface area contributed by atoms with Crippen LogP contribution in [0.2, 0.25) is 0 Å². The first-order chi connectivity index (χ1) is 10.1. The molecule has 1 N–H and O–H groups in total. The van der Waals surface area contributed by atoms with Crippen molar-refractivity contribution in [3.63, 3.8) is 0 Å². The van der Waals surface area contributed by atoms with E-state index in [0.29, 0.717) is 23.2 Å². The van der Waals surface area contributed by atoms with Crippen LogP contribution in [0.5, 0.6) is 0 Å². The fourth-order valence-corrected chi connectivity index (χ4v) is 2.12. The maximum Gasteiger partial charge on any atom is 0.271 e. The number of nitro groups is 1. The second kappa shape index (κ2) is 5.24. The number of non-ortho nitro benzene ring substituents is 1. The van der Waals surface area contributed by atoms with Crippen molar-refractivity contribution in [1.82, 2.24) is 0 Å². The van der Waals surface area contributed by atoms with E-state index in [9.17, 15) is 14.5 Å². The highest BCUT2D eigenvalue weighted by Crippen LogP contribution is 2.24. The summed E-state index contributed by atoms with van der Waals surface area (Å²) in [5.74, 6) is -0.333. The lowest BCUT2D eigenvalue weighted by Gasteiger charge is -2.04. The van der Waals surface area contributed by atoms with Crippen LogP contribution in [-0.4, -0.2) is 4.92 Å². The van der Waals surface area contributed by atoms with E-state index in [2.05, 4.69) is 5.32 Å². The van der Waals surface area contributed by atoms with Gasteiger partial charge in [-0.05, 0) is 24.3 Å². The first kappa shape index (κ1) is 13.1. The number of rotatable bonds is 4. The second-order valence-corrected chi connectivity index (χ2v) is 4.56. The molecule has 3 aromatic rings. The summed E-state index contributed by atoms with van der Waals surface area (Å²) in [5, 5.41) is 14.5. The van der Waals surface area contributed by atoms with Crippen molar-refractivity contribution < 1.29 is 13.7 Å². The fourth-order valence-electron chi connectivity index (χ4n) is 2.12. The molecule has 2 aromatic carbocycles. The van der Waals surface area contributed by atoms with E-state index in [4.69, 9.17) is 4.42 Å². The van der Waals surface area contributed by atoms with Gasteiger partial charge >= 0.3 is 0 Å². The molecule has 0 amide bonds. The van der Waals surface area contributed by atoms with Crippen molar-refractivity contribution in [2.75, 3.05) is 5.32 Å².